The number of hydrogen-bond donors (Lipinski definition) is 1. The van der Waals surface area contributed by atoms with Gasteiger partial charge in [-0.3, -0.25) is 0 Å². The third-order valence-corrected chi connectivity index (χ3v) is 4.82. The van der Waals surface area contributed by atoms with E-state index in [-0.39, 0.29) is 6.04 Å². The van der Waals surface area contributed by atoms with Crippen molar-refractivity contribution in [3.8, 4) is 0 Å². The lowest BCUT2D eigenvalue weighted by molar-refractivity contribution is -0.137. The van der Waals surface area contributed by atoms with Crippen molar-refractivity contribution in [2.75, 3.05) is 18.1 Å². The molecule has 1 nitrogen and oxygen atoms in total. The second-order valence-electron chi connectivity index (χ2n) is 5.31. The summed E-state index contributed by atoms with van der Waals surface area (Å²) in [6.45, 7) is 2.81. The molecule has 1 aromatic rings. The molecule has 1 aromatic carbocycles. The highest BCUT2D eigenvalue weighted by Crippen LogP contribution is 2.31. The highest BCUT2D eigenvalue weighted by molar-refractivity contribution is 7.99. The molecule has 20 heavy (non-hydrogen) atoms. The van der Waals surface area contributed by atoms with E-state index in [1.807, 2.05) is 18.7 Å². The van der Waals surface area contributed by atoms with Gasteiger partial charge in [-0.2, -0.15) is 24.9 Å². The SMILES string of the molecule is CC(NCC1CCSCC1)c1cccc(C(F)(F)F)c1. The summed E-state index contributed by atoms with van der Waals surface area (Å²) in [7, 11) is 0. The molecule has 0 bridgehead atoms. The van der Waals surface area contributed by atoms with Gasteiger partial charge in [0.2, 0.25) is 0 Å². The highest BCUT2D eigenvalue weighted by Gasteiger charge is 2.30. The van der Waals surface area contributed by atoms with Crippen molar-refractivity contribution < 1.29 is 13.2 Å². The number of nitrogens with one attached hydrogen (secondary N) is 1. The summed E-state index contributed by atoms with van der Waals surface area (Å²) in [5.74, 6) is 3.05. The minimum Gasteiger partial charge on any atom is -0.310 e. The zero-order valence-corrected chi connectivity index (χ0v) is 12.4. The Bertz CT molecular complexity index is 427. The predicted octanol–water partition coefficient (Wildman–Crippen LogP) is 4.50. The smallest absolute Gasteiger partial charge is 0.310 e. The highest BCUT2D eigenvalue weighted by atomic mass is 32.2. The van der Waals surface area contributed by atoms with Gasteiger partial charge in [-0.25, -0.2) is 0 Å². The van der Waals surface area contributed by atoms with Crippen LogP contribution in [-0.2, 0) is 6.18 Å². The van der Waals surface area contributed by atoms with E-state index in [2.05, 4.69) is 5.32 Å². The average Bonchev–Trinajstić information content (AvgIpc) is 2.45. The van der Waals surface area contributed by atoms with Crippen molar-refractivity contribution in [1.29, 1.82) is 0 Å². The standard InChI is InChI=1S/C15H20F3NS/c1-11(19-10-12-5-7-20-8-6-12)13-3-2-4-14(9-13)15(16,17)18/h2-4,9,11-12,19H,5-8,10H2,1H3. The zero-order valence-electron chi connectivity index (χ0n) is 11.5. The van der Waals surface area contributed by atoms with Crippen molar-refractivity contribution >= 4 is 11.8 Å². The van der Waals surface area contributed by atoms with Crippen LogP contribution in [-0.4, -0.2) is 18.1 Å². The first-order valence-corrected chi connectivity index (χ1v) is 8.10. The van der Waals surface area contributed by atoms with Crippen molar-refractivity contribution in [1.82, 2.24) is 5.32 Å². The van der Waals surface area contributed by atoms with Gasteiger partial charge in [0, 0.05) is 6.04 Å². The maximum Gasteiger partial charge on any atom is 0.416 e. The van der Waals surface area contributed by atoms with E-state index < -0.39 is 11.7 Å². The minimum absolute atomic E-state index is 0.0492. The average molecular weight is 303 g/mol. The molecule has 112 valence electrons. The molecule has 0 spiro atoms. The Kier molecular flexibility index (Phi) is 5.38. The van der Waals surface area contributed by atoms with Crippen LogP contribution in [0.5, 0.6) is 0 Å². The van der Waals surface area contributed by atoms with Gasteiger partial charge in [0.05, 0.1) is 5.56 Å². The van der Waals surface area contributed by atoms with E-state index in [4.69, 9.17) is 0 Å². The number of alkyl halides is 3. The fourth-order valence-corrected chi connectivity index (χ4v) is 3.60. The quantitative estimate of drug-likeness (QED) is 0.879. The Balaban J connectivity index is 1.93. The van der Waals surface area contributed by atoms with Crippen LogP contribution in [0.2, 0.25) is 0 Å². The second-order valence-corrected chi connectivity index (χ2v) is 6.53. The Morgan fingerprint density at radius 2 is 2.00 bits per heavy atom. The maximum absolute atomic E-state index is 12.7. The molecule has 1 aliphatic heterocycles. The summed E-state index contributed by atoms with van der Waals surface area (Å²) in [6.07, 6.45) is -1.86. The molecule has 0 aromatic heterocycles. The molecule has 0 amide bonds. The van der Waals surface area contributed by atoms with Crippen LogP contribution in [0.1, 0.15) is 36.9 Å². The summed E-state index contributed by atoms with van der Waals surface area (Å²) in [4.78, 5) is 0. The topological polar surface area (TPSA) is 12.0 Å². The minimum atomic E-state index is -4.27. The van der Waals surface area contributed by atoms with E-state index in [0.717, 1.165) is 12.6 Å². The molecular formula is C15H20F3NS. The zero-order chi connectivity index (χ0) is 14.6. The number of benzene rings is 1. The molecule has 5 heteroatoms. The summed E-state index contributed by atoms with van der Waals surface area (Å²) < 4.78 is 38.1. The molecule has 0 saturated carbocycles. The third-order valence-electron chi connectivity index (χ3n) is 3.77. The fourth-order valence-electron chi connectivity index (χ4n) is 2.40. The summed E-state index contributed by atoms with van der Waals surface area (Å²) in [6, 6.07) is 5.55. The van der Waals surface area contributed by atoms with Crippen LogP contribution >= 0.6 is 11.8 Å². The molecule has 0 aliphatic carbocycles. The number of thioether (sulfide) groups is 1. The Hall–Kier alpha value is -0.680. The Labute approximate surface area is 122 Å². The van der Waals surface area contributed by atoms with Gasteiger partial charge in [0.25, 0.3) is 0 Å². The number of rotatable bonds is 4. The van der Waals surface area contributed by atoms with E-state index >= 15 is 0 Å². The van der Waals surface area contributed by atoms with Crippen LogP contribution < -0.4 is 5.32 Å². The predicted molar refractivity (Wildman–Crippen MR) is 77.9 cm³/mol. The number of hydrogen-bond acceptors (Lipinski definition) is 2. The van der Waals surface area contributed by atoms with Crippen LogP contribution in [0.15, 0.2) is 24.3 Å². The van der Waals surface area contributed by atoms with Gasteiger partial charge in [-0.05, 0) is 61.4 Å². The molecule has 1 N–H and O–H groups in total. The first-order valence-electron chi connectivity index (χ1n) is 6.95. The lowest BCUT2D eigenvalue weighted by atomic mass is 10.0. The lowest BCUT2D eigenvalue weighted by Crippen LogP contribution is -2.28. The lowest BCUT2D eigenvalue weighted by Gasteiger charge is -2.24. The van der Waals surface area contributed by atoms with Gasteiger partial charge in [0.15, 0.2) is 0 Å². The fraction of sp³-hybridized carbons (Fsp3) is 0.600. The molecule has 1 unspecified atom stereocenters. The summed E-state index contributed by atoms with van der Waals surface area (Å²) in [5.41, 5.74) is 0.128. The molecule has 1 saturated heterocycles. The van der Waals surface area contributed by atoms with Crippen molar-refractivity contribution in [2.45, 2.75) is 32.0 Å². The van der Waals surface area contributed by atoms with Gasteiger partial charge < -0.3 is 5.32 Å². The Morgan fingerprint density at radius 3 is 2.65 bits per heavy atom. The molecular weight excluding hydrogens is 283 g/mol. The molecule has 1 atom stereocenters. The summed E-state index contributed by atoms with van der Waals surface area (Å²) >= 11 is 1.98. The van der Waals surface area contributed by atoms with Crippen LogP contribution in [0.3, 0.4) is 0 Å². The third kappa shape index (κ3) is 4.42. The molecule has 1 aliphatic rings. The van der Waals surface area contributed by atoms with Gasteiger partial charge in [0.1, 0.15) is 0 Å². The largest absolute Gasteiger partial charge is 0.416 e. The Morgan fingerprint density at radius 1 is 1.30 bits per heavy atom. The number of halogens is 3. The maximum atomic E-state index is 12.7. The van der Waals surface area contributed by atoms with Crippen LogP contribution in [0, 0.1) is 5.92 Å². The van der Waals surface area contributed by atoms with E-state index in [1.54, 1.807) is 6.07 Å². The monoisotopic (exact) mass is 303 g/mol. The molecule has 1 heterocycles. The van der Waals surface area contributed by atoms with Gasteiger partial charge >= 0.3 is 6.18 Å². The van der Waals surface area contributed by atoms with Crippen molar-refractivity contribution in [3.05, 3.63) is 35.4 Å². The van der Waals surface area contributed by atoms with Crippen LogP contribution in [0.25, 0.3) is 0 Å². The van der Waals surface area contributed by atoms with E-state index in [0.29, 0.717) is 11.5 Å². The van der Waals surface area contributed by atoms with Crippen molar-refractivity contribution in [3.63, 3.8) is 0 Å². The molecule has 1 fully saturated rings. The first-order chi connectivity index (χ1) is 9.47. The first kappa shape index (κ1) is 15.7. The normalized spacial score (nSPS) is 19.0. The second kappa shape index (κ2) is 6.85. The van der Waals surface area contributed by atoms with E-state index in [1.165, 1.54) is 36.5 Å². The van der Waals surface area contributed by atoms with Gasteiger partial charge in [-0.15, -0.1) is 0 Å². The summed E-state index contributed by atoms with van der Waals surface area (Å²) in [5, 5.41) is 3.37. The van der Waals surface area contributed by atoms with Crippen molar-refractivity contribution in [2.24, 2.45) is 5.92 Å². The molecule has 0 radical (unpaired) electrons. The van der Waals surface area contributed by atoms with Crippen LogP contribution in [0.4, 0.5) is 13.2 Å². The van der Waals surface area contributed by atoms with Gasteiger partial charge in [-0.1, -0.05) is 12.1 Å². The van der Waals surface area contributed by atoms with E-state index in [9.17, 15) is 13.2 Å². The molecule has 2 rings (SSSR count).